The Labute approximate surface area is 151 Å². The molecule has 1 aliphatic carbocycles. The van der Waals surface area contributed by atoms with Crippen LogP contribution in [0.25, 0.3) is 0 Å². The molecule has 0 amide bonds. The fourth-order valence-corrected chi connectivity index (χ4v) is 3.61. The normalized spacial score (nSPS) is 22.4. The molecule has 1 heterocycles. The van der Waals surface area contributed by atoms with Crippen LogP contribution in [0.15, 0.2) is 35.3 Å². The number of ether oxygens (including phenoxy) is 2. The Hall–Kier alpha value is -1.59. The summed E-state index contributed by atoms with van der Waals surface area (Å²) < 4.78 is 11.1. The second-order valence-corrected chi connectivity index (χ2v) is 7.06. The Bertz CT molecular complexity index is 537. The Balaban J connectivity index is 1.37. The number of benzene rings is 1. The Morgan fingerprint density at radius 1 is 1.28 bits per heavy atom. The van der Waals surface area contributed by atoms with E-state index in [1.54, 1.807) is 0 Å². The summed E-state index contributed by atoms with van der Waals surface area (Å²) in [6, 6.07) is 10.9. The molecule has 25 heavy (non-hydrogen) atoms. The van der Waals surface area contributed by atoms with E-state index >= 15 is 0 Å². The van der Waals surface area contributed by atoms with Gasteiger partial charge < -0.3 is 20.1 Å². The summed E-state index contributed by atoms with van der Waals surface area (Å²) in [6.45, 7) is 4.16. The molecule has 1 unspecified atom stereocenters. The maximum atomic E-state index is 5.79. The lowest BCUT2D eigenvalue weighted by atomic mass is 9.64. The van der Waals surface area contributed by atoms with Gasteiger partial charge in [0.05, 0.1) is 12.7 Å². The second kappa shape index (κ2) is 9.20. The van der Waals surface area contributed by atoms with Gasteiger partial charge in [0, 0.05) is 38.8 Å². The van der Waals surface area contributed by atoms with E-state index in [2.05, 4.69) is 46.0 Å². The summed E-state index contributed by atoms with van der Waals surface area (Å²) in [5.41, 5.74) is 1.71. The van der Waals surface area contributed by atoms with Gasteiger partial charge in [-0.3, -0.25) is 4.99 Å². The van der Waals surface area contributed by atoms with Crippen molar-refractivity contribution in [2.24, 2.45) is 4.99 Å². The highest BCUT2D eigenvalue weighted by atomic mass is 16.5. The van der Waals surface area contributed by atoms with Crippen LogP contribution in [-0.4, -0.2) is 52.0 Å². The number of hydrogen-bond acceptors (Lipinski definition) is 3. The highest BCUT2D eigenvalue weighted by Gasteiger charge is 2.38. The van der Waals surface area contributed by atoms with E-state index in [0.29, 0.717) is 6.10 Å². The smallest absolute Gasteiger partial charge is 0.191 e. The Morgan fingerprint density at radius 2 is 2.12 bits per heavy atom. The average Bonchev–Trinajstić information content (AvgIpc) is 3.13. The molecule has 1 saturated carbocycles. The molecule has 0 aromatic heterocycles. The molecule has 5 heteroatoms. The summed E-state index contributed by atoms with van der Waals surface area (Å²) in [5.74, 6) is 0.881. The third kappa shape index (κ3) is 4.95. The van der Waals surface area contributed by atoms with Gasteiger partial charge in [-0.1, -0.05) is 36.8 Å². The average molecular weight is 345 g/mol. The molecule has 1 aliphatic heterocycles. The first-order valence-electron chi connectivity index (χ1n) is 9.52. The zero-order chi connectivity index (χ0) is 17.4. The zero-order valence-corrected chi connectivity index (χ0v) is 15.3. The molecule has 138 valence electrons. The lowest BCUT2D eigenvalue weighted by molar-refractivity contribution is 0.0420. The van der Waals surface area contributed by atoms with Crippen LogP contribution in [0.1, 0.15) is 37.7 Å². The van der Waals surface area contributed by atoms with Gasteiger partial charge in [0.1, 0.15) is 0 Å². The fraction of sp³-hybridized carbons (Fsp3) is 0.650. The molecule has 0 bridgehead atoms. The molecule has 2 aliphatic rings. The number of guanidine groups is 1. The highest BCUT2D eigenvalue weighted by Crippen LogP contribution is 2.43. The number of nitrogens with one attached hydrogen (secondary N) is 2. The minimum absolute atomic E-state index is 0.268. The van der Waals surface area contributed by atoms with Crippen molar-refractivity contribution in [3.63, 3.8) is 0 Å². The summed E-state index contributed by atoms with van der Waals surface area (Å²) in [5, 5.41) is 6.92. The summed E-state index contributed by atoms with van der Waals surface area (Å²) in [6.07, 6.45) is 6.10. The minimum Gasteiger partial charge on any atom is -0.379 e. The largest absolute Gasteiger partial charge is 0.379 e. The maximum absolute atomic E-state index is 5.79. The van der Waals surface area contributed by atoms with Gasteiger partial charge in [-0.2, -0.15) is 0 Å². The summed E-state index contributed by atoms with van der Waals surface area (Å²) in [7, 11) is 1.83. The van der Waals surface area contributed by atoms with Gasteiger partial charge in [0.2, 0.25) is 0 Å². The van der Waals surface area contributed by atoms with Gasteiger partial charge in [-0.15, -0.1) is 0 Å². The van der Waals surface area contributed by atoms with Crippen molar-refractivity contribution in [1.82, 2.24) is 10.6 Å². The molecule has 1 saturated heterocycles. The predicted molar refractivity (Wildman–Crippen MR) is 101 cm³/mol. The van der Waals surface area contributed by atoms with E-state index in [9.17, 15) is 0 Å². The summed E-state index contributed by atoms with van der Waals surface area (Å²) in [4.78, 5) is 4.35. The van der Waals surface area contributed by atoms with E-state index < -0.39 is 0 Å². The molecule has 1 aromatic rings. The Kier molecular flexibility index (Phi) is 6.70. The molecule has 0 spiro atoms. The van der Waals surface area contributed by atoms with Gasteiger partial charge in [0.15, 0.2) is 5.96 Å². The van der Waals surface area contributed by atoms with Crippen LogP contribution in [0, 0.1) is 0 Å². The van der Waals surface area contributed by atoms with Crippen molar-refractivity contribution < 1.29 is 9.47 Å². The molecular weight excluding hydrogens is 314 g/mol. The first-order chi connectivity index (χ1) is 12.3. The highest BCUT2D eigenvalue weighted by molar-refractivity contribution is 5.79. The van der Waals surface area contributed by atoms with Gasteiger partial charge in [0.25, 0.3) is 0 Å². The van der Waals surface area contributed by atoms with Crippen molar-refractivity contribution in [2.45, 2.75) is 43.6 Å². The standard InChI is InChI=1S/C20H31N3O2/c1-21-19(22-12-6-13-25-18-9-14-24-15-18)23-16-20(10-5-11-20)17-7-3-2-4-8-17/h2-4,7-8,18H,5-6,9-16H2,1H3,(H2,21,22,23). The third-order valence-electron chi connectivity index (χ3n) is 5.37. The van der Waals surface area contributed by atoms with E-state index in [1.807, 2.05) is 7.05 Å². The number of nitrogens with zero attached hydrogens (tertiary/aromatic N) is 1. The fourth-order valence-electron chi connectivity index (χ4n) is 3.61. The van der Waals surface area contributed by atoms with Crippen molar-refractivity contribution in [3.05, 3.63) is 35.9 Å². The molecule has 1 atom stereocenters. The molecule has 5 nitrogen and oxygen atoms in total. The van der Waals surface area contributed by atoms with Crippen molar-refractivity contribution in [2.75, 3.05) is 40.0 Å². The van der Waals surface area contributed by atoms with Gasteiger partial charge in [-0.05, 0) is 31.2 Å². The number of aliphatic imine (C=N–C) groups is 1. The van der Waals surface area contributed by atoms with Gasteiger partial charge in [-0.25, -0.2) is 0 Å². The van der Waals surface area contributed by atoms with Crippen molar-refractivity contribution in [3.8, 4) is 0 Å². The van der Waals surface area contributed by atoms with E-state index in [4.69, 9.17) is 9.47 Å². The number of rotatable bonds is 8. The lowest BCUT2D eigenvalue weighted by Gasteiger charge is -2.43. The van der Waals surface area contributed by atoms with E-state index in [0.717, 1.165) is 51.7 Å². The quantitative estimate of drug-likeness (QED) is 0.432. The first-order valence-corrected chi connectivity index (χ1v) is 9.52. The van der Waals surface area contributed by atoms with Crippen LogP contribution in [-0.2, 0) is 14.9 Å². The van der Waals surface area contributed by atoms with Crippen LogP contribution in [0.5, 0.6) is 0 Å². The second-order valence-electron chi connectivity index (χ2n) is 7.06. The van der Waals surface area contributed by atoms with Crippen molar-refractivity contribution in [1.29, 1.82) is 0 Å². The third-order valence-corrected chi connectivity index (χ3v) is 5.37. The van der Waals surface area contributed by atoms with Crippen LogP contribution in [0.2, 0.25) is 0 Å². The molecule has 2 N–H and O–H groups in total. The topological polar surface area (TPSA) is 54.9 Å². The van der Waals surface area contributed by atoms with Crippen LogP contribution in [0.3, 0.4) is 0 Å². The van der Waals surface area contributed by atoms with Gasteiger partial charge >= 0.3 is 0 Å². The first kappa shape index (κ1) is 18.2. The molecule has 0 radical (unpaired) electrons. The lowest BCUT2D eigenvalue weighted by Crippen LogP contribution is -2.49. The van der Waals surface area contributed by atoms with Crippen LogP contribution in [0.4, 0.5) is 0 Å². The molecule has 3 rings (SSSR count). The Morgan fingerprint density at radius 3 is 2.76 bits per heavy atom. The summed E-state index contributed by atoms with van der Waals surface area (Å²) >= 11 is 0. The van der Waals surface area contributed by atoms with E-state index in [1.165, 1.54) is 24.8 Å². The van der Waals surface area contributed by atoms with Crippen LogP contribution >= 0.6 is 0 Å². The van der Waals surface area contributed by atoms with Crippen LogP contribution < -0.4 is 10.6 Å². The molecular formula is C20H31N3O2. The minimum atomic E-state index is 0.268. The van der Waals surface area contributed by atoms with Crippen molar-refractivity contribution >= 4 is 5.96 Å². The SMILES string of the molecule is CN=C(NCCCOC1CCOC1)NCC1(c2ccccc2)CCC1. The van der Waals surface area contributed by atoms with E-state index in [-0.39, 0.29) is 5.41 Å². The predicted octanol–water partition coefficient (Wildman–Crippen LogP) is 2.47. The molecule has 1 aromatic carbocycles. The maximum Gasteiger partial charge on any atom is 0.191 e. The monoisotopic (exact) mass is 345 g/mol. The zero-order valence-electron chi connectivity index (χ0n) is 15.3. The molecule has 2 fully saturated rings. The number of hydrogen-bond donors (Lipinski definition) is 2.